The fourth-order valence-corrected chi connectivity index (χ4v) is 3.95. The standard InChI is InChI=1S/C12H21NO6S/c1-3-19-11(14)6-10-7-20-8-12(10,13(15)16)4-5-18-9-17-2/h10H,3-9H2,1-2H3. The number of hydrogen-bond donors (Lipinski definition) is 0. The number of ether oxygens (including phenoxy) is 3. The number of esters is 1. The molecular weight excluding hydrogens is 286 g/mol. The van der Waals surface area contributed by atoms with Gasteiger partial charge in [-0.15, -0.1) is 0 Å². The molecule has 0 aromatic carbocycles. The molecule has 0 amide bonds. The van der Waals surface area contributed by atoms with Gasteiger partial charge in [-0.1, -0.05) is 0 Å². The first-order valence-electron chi connectivity index (χ1n) is 6.51. The van der Waals surface area contributed by atoms with Gasteiger partial charge in [-0.2, -0.15) is 11.8 Å². The van der Waals surface area contributed by atoms with Gasteiger partial charge in [-0.25, -0.2) is 0 Å². The summed E-state index contributed by atoms with van der Waals surface area (Å²) in [6.45, 7) is 2.37. The van der Waals surface area contributed by atoms with Crippen LogP contribution in [-0.2, 0) is 19.0 Å². The number of nitro groups is 1. The van der Waals surface area contributed by atoms with E-state index in [0.29, 0.717) is 18.1 Å². The zero-order chi connectivity index (χ0) is 15.0. The summed E-state index contributed by atoms with van der Waals surface area (Å²) in [5.41, 5.74) is -1.11. The zero-order valence-corrected chi connectivity index (χ0v) is 12.6. The van der Waals surface area contributed by atoms with Crippen molar-refractivity contribution in [2.24, 2.45) is 5.92 Å². The first-order chi connectivity index (χ1) is 9.56. The minimum absolute atomic E-state index is 0.0894. The number of carbonyl (C=O) groups is 1. The molecule has 2 atom stereocenters. The Balaban J connectivity index is 2.65. The van der Waals surface area contributed by atoms with E-state index >= 15 is 0 Å². The van der Waals surface area contributed by atoms with Crippen LogP contribution in [0.5, 0.6) is 0 Å². The molecule has 0 bridgehead atoms. The van der Waals surface area contributed by atoms with E-state index in [-0.39, 0.29) is 43.1 Å². The zero-order valence-electron chi connectivity index (χ0n) is 11.8. The Morgan fingerprint density at radius 3 is 2.90 bits per heavy atom. The van der Waals surface area contributed by atoms with Gasteiger partial charge < -0.3 is 14.2 Å². The van der Waals surface area contributed by atoms with Crippen molar-refractivity contribution in [3.05, 3.63) is 10.1 Å². The smallest absolute Gasteiger partial charge is 0.306 e. The third-order valence-electron chi connectivity index (χ3n) is 3.39. The molecule has 0 radical (unpaired) electrons. The van der Waals surface area contributed by atoms with Crippen molar-refractivity contribution < 1.29 is 23.9 Å². The largest absolute Gasteiger partial charge is 0.466 e. The van der Waals surface area contributed by atoms with Gasteiger partial charge in [0.15, 0.2) is 0 Å². The van der Waals surface area contributed by atoms with Gasteiger partial charge in [0.2, 0.25) is 5.54 Å². The second-order valence-electron chi connectivity index (χ2n) is 4.65. The maximum atomic E-state index is 11.6. The molecule has 0 spiro atoms. The van der Waals surface area contributed by atoms with Crippen LogP contribution in [0.2, 0.25) is 0 Å². The third-order valence-corrected chi connectivity index (χ3v) is 4.74. The molecular formula is C12H21NO6S. The summed E-state index contributed by atoms with van der Waals surface area (Å²) in [5.74, 6) is 0.321. The van der Waals surface area contributed by atoms with Crippen molar-refractivity contribution in [3.63, 3.8) is 0 Å². The molecule has 1 saturated heterocycles. The van der Waals surface area contributed by atoms with Crippen LogP contribution in [0.4, 0.5) is 0 Å². The number of thioether (sulfide) groups is 1. The summed E-state index contributed by atoms with van der Waals surface area (Å²) >= 11 is 1.51. The van der Waals surface area contributed by atoms with Crippen LogP contribution >= 0.6 is 11.8 Å². The van der Waals surface area contributed by atoms with E-state index in [9.17, 15) is 14.9 Å². The van der Waals surface area contributed by atoms with Crippen molar-refractivity contribution in [1.82, 2.24) is 0 Å². The fraction of sp³-hybridized carbons (Fsp3) is 0.917. The molecule has 1 fully saturated rings. The van der Waals surface area contributed by atoms with Crippen molar-refractivity contribution in [1.29, 1.82) is 0 Å². The SMILES string of the molecule is CCOC(=O)CC1CSCC1(CCOCOC)[N+](=O)[O-]. The van der Waals surface area contributed by atoms with Crippen molar-refractivity contribution in [2.45, 2.75) is 25.3 Å². The molecule has 1 aliphatic rings. The van der Waals surface area contributed by atoms with Gasteiger partial charge in [0.25, 0.3) is 0 Å². The Kier molecular flexibility index (Phi) is 7.25. The minimum atomic E-state index is -1.11. The van der Waals surface area contributed by atoms with Crippen molar-refractivity contribution in [3.8, 4) is 0 Å². The van der Waals surface area contributed by atoms with Crippen molar-refractivity contribution >= 4 is 17.7 Å². The Morgan fingerprint density at radius 1 is 1.55 bits per heavy atom. The number of hydrogen-bond acceptors (Lipinski definition) is 7. The van der Waals surface area contributed by atoms with Crippen LogP contribution in [0.1, 0.15) is 19.8 Å². The summed E-state index contributed by atoms with van der Waals surface area (Å²) in [7, 11) is 1.50. The molecule has 2 unspecified atom stereocenters. The molecule has 8 heteroatoms. The molecule has 0 aromatic heterocycles. The monoisotopic (exact) mass is 307 g/mol. The third kappa shape index (κ3) is 4.32. The molecule has 1 rings (SSSR count). The second-order valence-corrected chi connectivity index (χ2v) is 5.68. The second kappa shape index (κ2) is 8.43. The molecule has 0 aliphatic carbocycles. The van der Waals surface area contributed by atoms with Crippen LogP contribution in [0.25, 0.3) is 0 Å². The quantitative estimate of drug-likeness (QED) is 0.209. The van der Waals surface area contributed by atoms with E-state index in [4.69, 9.17) is 14.2 Å². The lowest BCUT2D eigenvalue weighted by molar-refractivity contribution is -0.573. The van der Waals surface area contributed by atoms with Gasteiger partial charge in [0.1, 0.15) is 6.79 Å². The average molecular weight is 307 g/mol. The number of methoxy groups -OCH3 is 1. The highest BCUT2D eigenvalue weighted by Crippen LogP contribution is 2.40. The lowest BCUT2D eigenvalue weighted by Gasteiger charge is -2.25. The van der Waals surface area contributed by atoms with Crippen LogP contribution in [-0.4, -0.2) is 55.1 Å². The van der Waals surface area contributed by atoms with E-state index in [0.717, 1.165) is 0 Å². The molecule has 1 heterocycles. The van der Waals surface area contributed by atoms with Gasteiger partial charge in [-0.3, -0.25) is 14.9 Å². The van der Waals surface area contributed by atoms with Crippen LogP contribution < -0.4 is 0 Å². The van der Waals surface area contributed by atoms with Crippen LogP contribution in [0.3, 0.4) is 0 Å². The predicted molar refractivity (Wildman–Crippen MR) is 74.2 cm³/mol. The molecule has 0 saturated carbocycles. The van der Waals surface area contributed by atoms with E-state index in [1.165, 1.54) is 18.9 Å². The Bertz CT molecular complexity index is 340. The number of nitrogens with zero attached hydrogens (tertiary/aromatic N) is 1. The number of rotatable bonds is 9. The summed E-state index contributed by atoms with van der Waals surface area (Å²) in [5, 5.41) is 11.5. The molecule has 0 N–H and O–H groups in total. The highest BCUT2D eigenvalue weighted by Gasteiger charge is 2.54. The van der Waals surface area contributed by atoms with E-state index in [1.807, 2.05) is 0 Å². The van der Waals surface area contributed by atoms with E-state index in [2.05, 4.69) is 0 Å². The first kappa shape index (κ1) is 17.2. The molecule has 7 nitrogen and oxygen atoms in total. The van der Waals surface area contributed by atoms with Gasteiger partial charge in [-0.05, 0) is 6.92 Å². The van der Waals surface area contributed by atoms with E-state index < -0.39 is 5.54 Å². The van der Waals surface area contributed by atoms with Gasteiger partial charge >= 0.3 is 5.97 Å². The fourth-order valence-electron chi connectivity index (χ4n) is 2.28. The number of carbonyl (C=O) groups excluding carboxylic acids is 1. The highest BCUT2D eigenvalue weighted by atomic mass is 32.2. The summed E-state index contributed by atoms with van der Waals surface area (Å²) in [6.07, 6.45) is 0.368. The lowest BCUT2D eigenvalue weighted by atomic mass is 9.83. The highest BCUT2D eigenvalue weighted by molar-refractivity contribution is 7.99. The molecule has 1 aliphatic heterocycles. The molecule has 0 aromatic rings. The molecule has 116 valence electrons. The van der Waals surface area contributed by atoms with Crippen molar-refractivity contribution in [2.75, 3.05) is 38.6 Å². The first-order valence-corrected chi connectivity index (χ1v) is 7.66. The lowest BCUT2D eigenvalue weighted by Crippen LogP contribution is -2.47. The maximum Gasteiger partial charge on any atom is 0.306 e. The Hall–Kier alpha value is -0.860. The van der Waals surface area contributed by atoms with Crippen LogP contribution in [0, 0.1) is 16.0 Å². The van der Waals surface area contributed by atoms with E-state index in [1.54, 1.807) is 6.92 Å². The van der Waals surface area contributed by atoms with Gasteiger partial charge in [0, 0.05) is 30.1 Å². The normalized spacial score (nSPS) is 25.6. The average Bonchev–Trinajstić information content (AvgIpc) is 2.79. The predicted octanol–water partition coefficient (Wildman–Crippen LogP) is 1.33. The Morgan fingerprint density at radius 2 is 2.30 bits per heavy atom. The topological polar surface area (TPSA) is 87.9 Å². The maximum absolute atomic E-state index is 11.6. The van der Waals surface area contributed by atoms with Gasteiger partial charge in [0.05, 0.1) is 25.4 Å². The Labute approximate surface area is 122 Å². The van der Waals surface area contributed by atoms with Crippen LogP contribution in [0.15, 0.2) is 0 Å². The minimum Gasteiger partial charge on any atom is -0.466 e. The summed E-state index contributed by atoms with van der Waals surface area (Å²) < 4.78 is 14.8. The summed E-state index contributed by atoms with van der Waals surface area (Å²) in [6, 6.07) is 0. The molecule has 20 heavy (non-hydrogen) atoms. The summed E-state index contributed by atoms with van der Waals surface area (Å²) in [4.78, 5) is 22.8.